The van der Waals surface area contributed by atoms with E-state index in [-0.39, 0.29) is 5.78 Å². The Kier molecular flexibility index (Phi) is 3.83. The van der Waals surface area contributed by atoms with Crippen LogP contribution in [0.2, 0.25) is 0 Å². The van der Waals surface area contributed by atoms with Gasteiger partial charge >= 0.3 is 0 Å². The summed E-state index contributed by atoms with van der Waals surface area (Å²) in [5.41, 5.74) is 5.84. The highest BCUT2D eigenvalue weighted by molar-refractivity contribution is 5.97. The monoisotopic (exact) mass is 337 g/mol. The minimum atomic E-state index is 0.0246. The molecule has 0 spiro atoms. The van der Waals surface area contributed by atoms with Gasteiger partial charge in [-0.15, -0.1) is 0 Å². The first-order chi connectivity index (χ1) is 12.7. The first-order valence-corrected chi connectivity index (χ1v) is 8.25. The Balaban J connectivity index is 1.84. The molecule has 124 valence electrons. The van der Waals surface area contributed by atoms with Crippen molar-refractivity contribution in [2.24, 2.45) is 0 Å². The SMILES string of the molecule is CC(=O)c1ccc2c(c1)ncn2-c1cccc(-c2ccccc2C#N)c1. The van der Waals surface area contributed by atoms with Crippen molar-refractivity contribution in [3.63, 3.8) is 0 Å². The van der Waals surface area contributed by atoms with Crippen molar-refractivity contribution < 1.29 is 4.79 Å². The van der Waals surface area contributed by atoms with E-state index in [1.54, 1.807) is 13.3 Å². The zero-order chi connectivity index (χ0) is 18.1. The molecule has 1 heterocycles. The van der Waals surface area contributed by atoms with E-state index in [1.807, 2.05) is 71.3 Å². The number of benzene rings is 3. The minimum absolute atomic E-state index is 0.0246. The second-order valence-electron chi connectivity index (χ2n) is 6.08. The largest absolute Gasteiger partial charge is 0.299 e. The van der Waals surface area contributed by atoms with Gasteiger partial charge in [0.15, 0.2) is 5.78 Å². The van der Waals surface area contributed by atoms with Gasteiger partial charge in [0.05, 0.1) is 22.7 Å². The quantitative estimate of drug-likeness (QED) is 0.506. The molecule has 4 nitrogen and oxygen atoms in total. The number of aromatic nitrogens is 2. The normalized spacial score (nSPS) is 10.6. The Morgan fingerprint density at radius 1 is 1.04 bits per heavy atom. The summed E-state index contributed by atoms with van der Waals surface area (Å²) in [6.07, 6.45) is 1.75. The summed E-state index contributed by atoms with van der Waals surface area (Å²) in [7, 11) is 0. The molecule has 0 aliphatic carbocycles. The van der Waals surface area contributed by atoms with E-state index in [2.05, 4.69) is 11.1 Å². The highest BCUT2D eigenvalue weighted by Crippen LogP contribution is 2.27. The summed E-state index contributed by atoms with van der Waals surface area (Å²) in [5, 5.41) is 9.35. The summed E-state index contributed by atoms with van der Waals surface area (Å²) in [6.45, 7) is 1.55. The van der Waals surface area contributed by atoms with Crippen molar-refractivity contribution in [1.82, 2.24) is 9.55 Å². The van der Waals surface area contributed by atoms with Crippen LogP contribution in [0.3, 0.4) is 0 Å². The average Bonchev–Trinajstić information content (AvgIpc) is 3.11. The van der Waals surface area contributed by atoms with Crippen molar-refractivity contribution >= 4 is 16.8 Å². The number of carbonyl (C=O) groups excluding carboxylic acids is 1. The number of fused-ring (bicyclic) bond motifs is 1. The van der Waals surface area contributed by atoms with Gasteiger partial charge in [0, 0.05) is 11.3 Å². The standard InChI is InChI=1S/C22H15N3O/c1-15(26)16-9-10-22-21(12-16)24-14-25(22)19-7-4-6-17(11-19)20-8-3-2-5-18(20)13-23/h2-12,14H,1H3. The third-order valence-electron chi connectivity index (χ3n) is 4.44. The fourth-order valence-electron chi connectivity index (χ4n) is 3.09. The zero-order valence-electron chi connectivity index (χ0n) is 14.2. The van der Waals surface area contributed by atoms with Gasteiger partial charge in [-0.1, -0.05) is 30.3 Å². The van der Waals surface area contributed by atoms with Crippen molar-refractivity contribution in [3.8, 4) is 22.9 Å². The number of Topliss-reactive ketones (excluding diaryl/α,β-unsaturated/α-hetero) is 1. The number of nitriles is 1. The van der Waals surface area contributed by atoms with Crippen molar-refractivity contribution in [1.29, 1.82) is 5.26 Å². The lowest BCUT2D eigenvalue weighted by atomic mass is 10.00. The summed E-state index contributed by atoms with van der Waals surface area (Å²) < 4.78 is 1.98. The molecule has 0 radical (unpaired) electrons. The van der Waals surface area contributed by atoms with E-state index in [0.717, 1.165) is 27.8 Å². The lowest BCUT2D eigenvalue weighted by Crippen LogP contribution is -1.94. The molecule has 0 aliphatic heterocycles. The number of hydrogen-bond donors (Lipinski definition) is 0. The Labute approximate surface area is 151 Å². The predicted molar refractivity (Wildman–Crippen MR) is 101 cm³/mol. The Morgan fingerprint density at radius 3 is 2.69 bits per heavy atom. The first kappa shape index (κ1) is 15.8. The lowest BCUT2D eigenvalue weighted by Gasteiger charge is -2.09. The number of carbonyl (C=O) groups is 1. The molecule has 0 saturated heterocycles. The fourth-order valence-corrected chi connectivity index (χ4v) is 3.09. The van der Waals surface area contributed by atoms with Crippen LogP contribution in [0.5, 0.6) is 0 Å². The molecule has 1 aromatic heterocycles. The van der Waals surface area contributed by atoms with E-state index >= 15 is 0 Å². The molecule has 0 aliphatic rings. The van der Waals surface area contributed by atoms with Crippen LogP contribution in [0.4, 0.5) is 0 Å². The van der Waals surface area contributed by atoms with Crippen LogP contribution >= 0.6 is 0 Å². The van der Waals surface area contributed by atoms with Crippen LogP contribution in [0.15, 0.2) is 73.1 Å². The van der Waals surface area contributed by atoms with E-state index in [1.165, 1.54) is 0 Å². The van der Waals surface area contributed by atoms with Gasteiger partial charge in [-0.3, -0.25) is 9.36 Å². The molecule has 4 heteroatoms. The second-order valence-corrected chi connectivity index (χ2v) is 6.08. The molecule has 0 unspecified atom stereocenters. The molecule has 0 fully saturated rings. The van der Waals surface area contributed by atoms with E-state index in [9.17, 15) is 10.1 Å². The van der Waals surface area contributed by atoms with Gasteiger partial charge in [0.25, 0.3) is 0 Å². The molecule has 4 rings (SSSR count). The van der Waals surface area contributed by atoms with Gasteiger partial charge < -0.3 is 0 Å². The maximum absolute atomic E-state index is 11.6. The summed E-state index contributed by atoms with van der Waals surface area (Å²) in [6, 6.07) is 23.3. The van der Waals surface area contributed by atoms with E-state index < -0.39 is 0 Å². The van der Waals surface area contributed by atoms with Gasteiger partial charge in [-0.05, 0) is 54.4 Å². The molecule has 0 atom stereocenters. The summed E-state index contributed by atoms with van der Waals surface area (Å²) >= 11 is 0. The Bertz CT molecular complexity index is 1180. The molecule has 0 bridgehead atoms. The highest BCUT2D eigenvalue weighted by atomic mass is 16.1. The number of ketones is 1. The lowest BCUT2D eigenvalue weighted by molar-refractivity contribution is 0.101. The van der Waals surface area contributed by atoms with E-state index in [0.29, 0.717) is 11.1 Å². The average molecular weight is 337 g/mol. The fraction of sp³-hybridized carbons (Fsp3) is 0.0455. The first-order valence-electron chi connectivity index (χ1n) is 8.25. The molecule has 0 N–H and O–H groups in total. The highest BCUT2D eigenvalue weighted by Gasteiger charge is 2.09. The molecule has 4 aromatic rings. The summed E-state index contributed by atoms with van der Waals surface area (Å²) in [5.74, 6) is 0.0246. The van der Waals surface area contributed by atoms with Gasteiger partial charge in [0.1, 0.15) is 6.33 Å². The second kappa shape index (κ2) is 6.30. The van der Waals surface area contributed by atoms with Gasteiger partial charge in [0.2, 0.25) is 0 Å². The van der Waals surface area contributed by atoms with Crippen molar-refractivity contribution in [3.05, 3.63) is 84.2 Å². The maximum Gasteiger partial charge on any atom is 0.159 e. The van der Waals surface area contributed by atoms with Crippen LogP contribution in [0.25, 0.3) is 27.8 Å². The predicted octanol–water partition coefficient (Wildman–Crippen LogP) is 4.77. The van der Waals surface area contributed by atoms with E-state index in [4.69, 9.17) is 0 Å². The van der Waals surface area contributed by atoms with Crippen LogP contribution in [-0.2, 0) is 0 Å². The maximum atomic E-state index is 11.6. The number of nitrogens with zero attached hydrogens (tertiary/aromatic N) is 3. The van der Waals surface area contributed by atoms with Gasteiger partial charge in [-0.2, -0.15) is 5.26 Å². The molecule has 0 amide bonds. The van der Waals surface area contributed by atoms with Crippen LogP contribution < -0.4 is 0 Å². The van der Waals surface area contributed by atoms with Crippen molar-refractivity contribution in [2.45, 2.75) is 6.92 Å². The number of rotatable bonds is 3. The number of hydrogen-bond acceptors (Lipinski definition) is 3. The smallest absolute Gasteiger partial charge is 0.159 e. The zero-order valence-corrected chi connectivity index (χ0v) is 14.2. The third kappa shape index (κ3) is 2.66. The van der Waals surface area contributed by atoms with Crippen LogP contribution in [0, 0.1) is 11.3 Å². The molecule has 3 aromatic carbocycles. The van der Waals surface area contributed by atoms with Gasteiger partial charge in [-0.25, -0.2) is 4.98 Å². The van der Waals surface area contributed by atoms with Crippen LogP contribution in [-0.4, -0.2) is 15.3 Å². The summed E-state index contributed by atoms with van der Waals surface area (Å²) in [4.78, 5) is 16.0. The Morgan fingerprint density at radius 2 is 1.88 bits per heavy atom. The topological polar surface area (TPSA) is 58.7 Å². The molecule has 0 saturated carbocycles. The van der Waals surface area contributed by atoms with Crippen molar-refractivity contribution in [2.75, 3.05) is 0 Å². The number of imidazole rings is 1. The third-order valence-corrected chi connectivity index (χ3v) is 4.44. The molecular formula is C22H15N3O. The Hall–Kier alpha value is -3.71. The minimum Gasteiger partial charge on any atom is -0.299 e. The molecular weight excluding hydrogens is 322 g/mol. The molecule has 26 heavy (non-hydrogen) atoms. The van der Waals surface area contributed by atoms with Crippen LogP contribution in [0.1, 0.15) is 22.8 Å².